The minimum atomic E-state index is -0.619. The number of nitrogens with zero attached hydrogens (tertiary/aromatic N) is 3. The van der Waals surface area contributed by atoms with Crippen LogP contribution in [0.25, 0.3) is 0 Å². The molecule has 1 aliphatic rings. The first-order valence-corrected chi connectivity index (χ1v) is 6.36. The number of rotatable bonds is 5. The van der Waals surface area contributed by atoms with Crippen LogP contribution in [0, 0.1) is 0 Å². The van der Waals surface area contributed by atoms with Crippen LogP contribution in [-0.4, -0.2) is 45.5 Å². The fraction of sp³-hybridized carbons (Fsp3) is 0.462. The van der Waals surface area contributed by atoms with E-state index in [0.717, 1.165) is 0 Å². The molecule has 1 aromatic heterocycles. The molecule has 0 saturated heterocycles. The van der Waals surface area contributed by atoms with E-state index in [1.165, 1.54) is 12.7 Å². The number of aromatic nitrogens is 2. The van der Waals surface area contributed by atoms with Crippen molar-refractivity contribution in [3.63, 3.8) is 0 Å². The van der Waals surface area contributed by atoms with Crippen LogP contribution in [0.15, 0.2) is 24.0 Å². The average molecular weight is 278 g/mol. The largest absolute Gasteiger partial charge is 0.391 e. The molecule has 2 N–H and O–H groups in total. The van der Waals surface area contributed by atoms with Gasteiger partial charge >= 0.3 is 0 Å². The van der Waals surface area contributed by atoms with Crippen molar-refractivity contribution in [3.8, 4) is 0 Å². The fourth-order valence-electron chi connectivity index (χ4n) is 1.76. The number of imidazole rings is 1. The molecule has 0 radical (unpaired) electrons. The van der Waals surface area contributed by atoms with Crippen molar-refractivity contribution in [1.29, 1.82) is 0 Å². The van der Waals surface area contributed by atoms with Crippen LogP contribution in [0.5, 0.6) is 0 Å². The van der Waals surface area contributed by atoms with Crippen molar-refractivity contribution < 1.29 is 14.6 Å². The summed E-state index contributed by atoms with van der Waals surface area (Å²) in [6, 6.07) is 0. The normalized spacial score (nSPS) is 18.6. The second-order valence-corrected chi connectivity index (χ2v) is 4.59. The Morgan fingerprint density at radius 2 is 2.35 bits per heavy atom. The van der Waals surface area contributed by atoms with Crippen molar-refractivity contribution in [2.24, 2.45) is 4.99 Å². The van der Waals surface area contributed by atoms with Gasteiger partial charge in [0.2, 0.25) is 5.78 Å². The number of Topliss-reactive ketones (excluding diaryl/α,β-unsaturated/α-hetero) is 1. The third-order valence-corrected chi connectivity index (χ3v) is 3.08. The Morgan fingerprint density at radius 3 is 3.00 bits per heavy atom. The Kier molecular flexibility index (Phi) is 4.31. The van der Waals surface area contributed by atoms with Crippen LogP contribution < -0.4 is 5.32 Å². The molecule has 0 amide bonds. The maximum Gasteiger partial charge on any atom is 0.204 e. The van der Waals surface area contributed by atoms with Gasteiger partial charge in [-0.05, 0) is 19.9 Å². The number of hydrogen-bond acceptors (Lipinski definition) is 6. The molecule has 1 aliphatic heterocycles. The van der Waals surface area contributed by atoms with Crippen LogP contribution >= 0.6 is 0 Å². The number of aliphatic hydroxyl groups is 1. The molecular formula is C13H18N4O3. The van der Waals surface area contributed by atoms with Crippen LogP contribution in [0.2, 0.25) is 0 Å². The highest BCUT2D eigenvalue weighted by Crippen LogP contribution is 2.26. The standard InChI is InChI=1S/C13H18N4O3/c1-4-11(20-9(3)8(2)18)17-7-16-12-10(19)5-14-6-15-13(12)17/h4,6-9,11,18H,1,5H2,2-3H3,(H,14,15). The Bertz CT molecular complexity index is 536. The van der Waals surface area contributed by atoms with Gasteiger partial charge in [0.05, 0.1) is 31.4 Å². The third kappa shape index (κ3) is 2.78. The molecule has 0 spiro atoms. The van der Waals surface area contributed by atoms with Gasteiger partial charge < -0.3 is 15.2 Å². The summed E-state index contributed by atoms with van der Waals surface area (Å²) in [7, 11) is 0. The summed E-state index contributed by atoms with van der Waals surface area (Å²) in [5, 5.41) is 12.3. The number of fused-ring (bicyclic) bond motifs is 1. The van der Waals surface area contributed by atoms with Crippen LogP contribution in [0.3, 0.4) is 0 Å². The summed E-state index contributed by atoms with van der Waals surface area (Å²) in [6.45, 7) is 7.28. The molecule has 0 saturated carbocycles. The van der Waals surface area contributed by atoms with E-state index in [-0.39, 0.29) is 18.4 Å². The van der Waals surface area contributed by atoms with E-state index in [1.54, 1.807) is 24.5 Å². The number of ether oxygens (including phenoxy) is 1. The van der Waals surface area contributed by atoms with Crippen molar-refractivity contribution in [1.82, 2.24) is 14.9 Å². The number of carbonyl (C=O) groups excluding carboxylic acids is 1. The fourth-order valence-corrected chi connectivity index (χ4v) is 1.76. The van der Waals surface area contributed by atoms with E-state index < -0.39 is 12.3 Å². The van der Waals surface area contributed by atoms with E-state index in [0.29, 0.717) is 11.5 Å². The van der Waals surface area contributed by atoms with Crippen molar-refractivity contribution in [3.05, 3.63) is 24.7 Å². The summed E-state index contributed by atoms with van der Waals surface area (Å²) in [5.41, 5.74) is 0.298. The van der Waals surface area contributed by atoms with E-state index >= 15 is 0 Å². The van der Waals surface area contributed by atoms with Gasteiger partial charge in [-0.2, -0.15) is 0 Å². The van der Waals surface area contributed by atoms with E-state index in [9.17, 15) is 9.90 Å². The quantitative estimate of drug-likeness (QED) is 0.778. The smallest absolute Gasteiger partial charge is 0.204 e. The molecule has 108 valence electrons. The van der Waals surface area contributed by atoms with Crippen LogP contribution in [-0.2, 0) is 4.74 Å². The summed E-state index contributed by atoms with van der Waals surface area (Å²) >= 11 is 0. The van der Waals surface area contributed by atoms with Gasteiger partial charge in [-0.3, -0.25) is 9.36 Å². The van der Waals surface area contributed by atoms with Gasteiger partial charge in [-0.25, -0.2) is 9.98 Å². The van der Waals surface area contributed by atoms with Gasteiger partial charge in [-0.15, -0.1) is 0 Å². The lowest BCUT2D eigenvalue weighted by Gasteiger charge is -2.23. The molecule has 2 rings (SSSR count). The second kappa shape index (κ2) is 5.98. The average Bonchev–Trinajstić information content (AvgIpc) is 2.75. The molecule has 1 aromatic rings. The van der Waals surface area contributed by atoms with Gasteiger partial charge in [0.15, 0.2) is 17.7 Å². The highest BCUT2D eigenvalue weighted by atomic mass is 16.5. The lowest BCUT2D eigenvalue weighted by Crippen LogP contribution is -2.26. The van der Waals surface area contributed by atoms with Crippen molar-refractivity contribution >= 4 is 17.9 Å². The van der Waals surface area contributed by atoms with Gasteiger partial charge in [0, 0.05) is 0 Å². The summed E-state index contributed by atoms with van der Waals surface area (Å²) in [5.74, 6) is 0.283. The second-order valence-electron chi connectivity index (χ2n) is 4.59. The minimum Gasteiger partial charge on any atom is -0.391 e. The number of carbonyl (C=O) groups is 1. The first-order valence-electron chi connectivity index (χ1n) is 6.36. The maximum atomic E-state index is 11.8. The maximum absolute atomic E-state index is 11.8. The first kappa shape index (κ1) is 14.4. The Labute approximate surface area is 117 Å². The lowest BCUT2D eigenvalue weighted by molar-refractivity contribution is -0.0699. The number of aliphatic imine (C=N–C) groups is 1. The first-order chi connectivity index (χ1) is 9.54. The van der Waals surface area contributed by atoms with E-state index in [4.69, 9.17) is 4.74 Å². The molecule has 3 unspecified atom stereocenters. The Morgan fingerprint density at radius 1 is 1.60 bits per heavy atom. The molecule has 2 heterocycles. The zero-order chi connectivity index (χ0) is 14.7. The van der Waals surface area contributed by atoms with Crippen LogP contribution in [0.4, 0.5) is 5.82 Å². The number of nitrogens with one attached hydrogen (secondary N) is 1. The van der Waals surface area contributed by atoms with Crippen molar-refractivity contribution in [2.75, 3.05) is 6.54 Å². The van der Waals surface area contributed by atoms with Gasteiger partial charge in [0.25, 0.3) is 0 Å². The molecule has 0 aliphatic carbocycles. The van der Waals surface area contributed by atoms with Crippen molar-refractivity contribution in [2.45, 2.75) is 32.3 Å². The summed E-state index contributed by atoms with van der Waals surface area (Å²) in [6.07, 6.45) is 2.95. The van der Waals surface area contributed by atoms with Crippen LogP contribution in [0.1, 0.15) is 30.6 Å². The molecule has 20 heavy (non-hydrogen) atoms. The summed E-state index contributed by atoms with van der Waals surface area (Å²) < 4.78 is 7.31. The monoisotopic (exact) mass is 278 g/mol. The predicted molar refractivity (Wildman–Crippen MR) is 74.2 cm³/mol. The Hall–Kier alpha value is -1.99. The number of hydrogen-bond donors (Lipinski definition) is 2. The Balaban J connectivity index is 2.31. The topological polar surface area (TPSA) is 88.7 Å². The molecule has 0 aromatic carbocycles. The number of aliphatic hydroxyl groups excluding tert-OH is 1. The zero-order valence-electron chi connectivity index (χ0n) is 11.5. The van der Waals surface area contributed by atoms with Gasteiger partial charge in [0.1, 0.15) is 0 Å². The van der Waals surface area contributed by atoms with E-state index in [2.05, 4.69) is 21.9 Å². The molecule has 0 bridgehead atoms. The molecule has 0 fully saturated rings. The molecule has 3 atom stereocenters. The van der Waals surface area contributed by atoms with Gasteiger partial charge in [-0.1, -0.05) is 6.58 Å². The SMILES string of the molecule is C=CC(OC(C)C(C)O)n1cnc2c1N=CNCC2=O. The summed E-state index contributed by atoms with van der Waals surface area (Å²) in [4.78, 5) is 20.1. The molecular weight excluding hydrogens is 260 g/mol. The molecule has 7 nitrogen and oxygen atoms in total. The third-order valence-electron chi connectivity index (χ3n) is 3.08. The highest BCUT2D eigenvalue weighted by molar-refractivity contribution is 6.01. The van der Waals surface area contributed by atoms with E-state index in [1.807, 2.05) is 0 Å². The molecule has 7 heteroatoms. The minimum absolute atomic E-state index is 0.136. The highest BCUT2D eigenvalue weighted by Gasteiger charge is 2.24. The lowest BCUT2D eigenvalue weighted by atomic mass is 10.2. The zero-order valence-corrected chi connectivity index (χ0v) is 11.5. The predicted octanol–water partition coefficient (Wildman–Crippen LogP) is 0.799. The number of ketones is 1.